The SMILES string of the molecule is C[C@H]1CC[C@H](CC[C@H]2CC[C@H](c3cc(F)c(C#N)c(F)c3)CC2)CC1. The molecule has 0 radical (unpaired) electrons. The average Bonchev–Trinajstić information content (AvgIpc) is 2.61. The first-order valence-corrected chi connectivity index (χ1v) is 9.95. The number of benzene rings is 1. The van der Waals surface area contributed by atoms with Crippen molar-refractivity contribution in [2.24, 2.45) is 17.8 Å². The van der Waals surface area contributed by atoms with Crippen LogP contribution in [0.3, 0.4) is 0 Å². The van der Waals surface area contributed by atoms with Crippen molar-refractivity contribution in [2.45, 2.75) is 77.0 Å². The van der Waals surface area contributed by atoms with Gasteiger partial charge in [-0.05, 0) is 67.1 Å². The number of hydrogen-bond donors (Lipinski definition) is 0. The average molecular weight is 345 g/mol. The van der Waals surface area contributed by atoms with Crippen molar-refractivity contribution in [3.8, 4) is 6.07 Å². The lowest BCUT2D eigenvalue weighted by atomic mass is 9.74. The summed E-state index contributed by atoms with van der Waals surface area (Å²) in [7, 11) is 0. The summed E-state index contributed by atoms with van der Waals surface area (Å²) in [6.45, 7) is 2.37. The predicted molar refractivity (Wildman–Crippen MR) is 96.1 cm³/mol. The third kappa shape index (κ3) is 4.60. The maximum absolute atomic E-state index is 13.8. The Labute approximate surface area is 150 Å². The summed E-state index contributed by atoms with van der Waals surface area (Å²) >= 11 is 0. The van der Waals surface area contributed by atoms with Crippen molar-refractivity contribution in [3.63, 3.8) is 0 Å². The molecule has 0 aliphatic heterocycles. The number of nitrogens with zero attached hydrogens (tertiary/aromatic N) is 1. The van der Waals surface area contributed by atoms with Gasteiger partial charge in [-0.25, -0.2) is 8.78 Å². The van der Waals surface area contributed by atoms with Crippen LogP contribution in [0.1, 0.15) is 88.2 Å². The van der Waals surface area contributed by atoms with Crippen molar-refractivity contribution in [1.29, 1.82) is 5.26 Å². The molecule has 0 bridgehead atoms. The predicted octanol–water partition coefficient (Wildman–Crippen LogP) is 6.72. The number of rotatable bonds is 4. The number of hydrogen-bond acceptors (Lipinski definition) is 1. The molecule has 3 heteroatoms. The molecule has 0 atom stereocenters. The topological polar surface area (TPSA) is 23.8 Å². The van der Waals surface area contributed by atoms with E-state index in [4.69, 9.17) is 5.26 Å². The monoisotopic (exact) mass is 345 g/mol. The van der Waals surface area contributed by atoms with E-state index in [1.54, 1.807) is 6.07 Å². The Bertz CT molecular complexity index is 594. The van der Waals surface area contributed by atoms with Gasteiger partial charge >= 0.3 is 0 Å². The van der Waals surface area contributed by atoms with Crippen molar-refractivity contribution in [1.82, 2.24) is 0 Å². The smallest absolute Gasteiger partial charge is 0.144 e. The van der Waals surface area contributed by atoms with Crippen LogP contribution in [0.25, 0.3) is 0 Å². The van der Waals surface area contributed by atoms with Gasteiger partial charge in [0, 0.05) is 0 Å². The first-order chi connectivity index (χ1) is 12.1. The van der Waals surface area contributed by atoms with Crippen molar-refractivity contribution >= 4 is 0 Å². The highest BCUT2D eigenvalue weighted by atomic mass is 19.1. The van der Waals surface area contributed by atoms with Crippen molar-refractivity contribution in [3.05, 3.63) is 34.9 Å². The molecule has 0 heterocycles. The van der Waals surface area contributed by atoms with Crippen LogP contribution in [0.4, 0.5) is 8.78 Å². The molecule has 0 spiro atoms. The van der Waals surface area contributed by atoms with Crippen LogP contribution in [-0.2, 0) is 0 Å². The molecule has 25 heavy (non-hydrogen) atoms. The second kappa shape index (κ2) is 8.30. The van der Waals surface area contributed by atoms with Crippen LogP contribution >= 0.6 is 0 Å². The molecular formula is C22H29F2N. The lowest BCUT2D eigenvalue weighted by Crippen LogP contribution is -2.17. The van der Waals surface area contributed by atoms with Crippen molar-refractivity contribution < 1.29 is 8.78 Å². The van der Waals surface area contributed by atoms with Gasteiger partial charge in [-0.1, -0.05) is 45.4 Å². The van der Waals surface area contributed by atoms with Gasteiger partial charge in [-0.2, -0.15) is 5.26 Å². The Morgan fingerprint density at radius 2 is 1.36 bits per heavy atom. The van der Waals surface area contributed by atoms with Gasteiger partial charge in [0.25, 0.3) is 0 Å². The second-order valence-corrected chi connectivity index (χ2v) is 8.39. The molecule has 0 N–H and O–H groups in total. The van der Waals surface area contributed by atoms with E-state index >= 15 is 0 Å². The molecule has 2 saturated carbocycles. The third-order valence-corrected chi connectivity index (χ3v) is 6.61. The Morgan fingerprint density at radius 3 is 1.84 bits per heavy atom. The zero-order valence-corrected chi connectivity index (χ0v) is 15.2. The molecular weight excluding hydrogens is 316 g/mol. The zero-order valence-electron chi connectivity index (χ0n) is 15.2. The van der Waals surface area contributed by atoms with Crippen LogP contribution in [-0.4, -0.2) is 0 Å². The molecule has 2 aliphatic rings. The van der Waals surface area contributed by atoms with Gasteiger partial charge in [0.2, 0.25) is 0 Å². The van der Waals surface area contributed by atoms with Crippen molar-refractivity contribution in [2.75, 3.05) is 0 Å². The van der Waals surface area contributed by atoms with E-state index < -0.39 is 17.2 Å². The lowest BCUT2D eigenvalue weighted by Gasteiger charge is -2.31. The third-order valence-electron chi connectivity index (χ3n) is 6.61. The highest BCUT2D eigenvalue weighted by Crippen LogP contribution is 2.40. The highest BCUT2D eigenvalue weighted by molar-refractivity contribution is 5.36. The number of nitriles is 1. The summed E-state index contributed by atoms with van der Waals surface area (Å²) in [5.41, 5.74) is 0.271. The summed E-state index contributed by atoms with van der Waals surface area (Å²) in [6, 6.07) is 4.34. The Kier molecular flexibility index (Phi) is 6.10. The fraction of sp³-hybridized carbons (Fsp3) is 0.682. The van der Waals surface area contributed by atoms with Crippen LogP contribution < -0.4 is 0 Å². The quantitative estimate of drug-likeness (QED) is 0.594. The molecule has 0 unspecified atom stereocenters. The minimum atomic E-state index is -0.717. The summed E-state index contributed by atoms with van der Waals surface area (Å²) in [5, 5.41) is 8.79. The fourth-order valence-electron chi connectivity index (χ4n) is 4.81. The fourth-order valence-corrected chi connectivity index (χ4v) is 4.81. The van der Waals surface area contributed by atoms with E-state index in [2.05, 4.69) is 6.92 Å². The molecule has 2 aliphatic carbocycles. The standard InChI is InChI=1S/C22H29F2N/c1-15-2-4-16(5-3-15)6-7-17-8-10-18(11-9-17)19-12-21(23)20(14-25)22(24)13-19/h12-13,15-18H,2-11H2,1H3/t15-,16-,17-,18-. The maximum Gasteiger partial charge on any atom is 0.144 e. The van der Waals surface area contributed by atoms with Gasteiger partial charge in [0.1, 0.15) is 23.3 Å². The second-order valence-electron chi connectivity index (χ2n) is 8.39. The Morgan fingerprint density at radius 1 is 0.880 bits per heavy atom. The number of halogens is 2. The van der Waals surface area contributed by atoms with Crippen LogP contribution in [0.5, 0.6) is 0 Å². The Balaban J connectivity index is 1.48. The minimum Gasteiger partial charge on any atom is -0.205 e. The van der Waals surface area contributed by atoms with E-state index in [0.717, 1.165) is 49.0 Å². The van der Waals surface area contributed by atoms with Gasteiger partial charge in [-0.3, -0.25) is 0 Å². The molecule has 0 amide bonds. The van der Waals surface area contributed by atoms with Gasteiger partial charge in [0.05, 0.1) is 0 Å². The van der Waals surface area contributed by atoms with Crippen LogP contribution in [0.2, 0.25) is 0 Å². The largest absolute Gasteiger partial charge is 0.205 e. The molecule has 1 aromatic rings. The van der Waals surface area contributed by atoms with Gasteiger partial charge in [0.15, 0.2) is 0 Å². The first-order valence-electron chi connectivity index (χ1n) is 9.95. The lowest BCUT2D eigenvalue weighted by molar-refractivity contribution is 0.237. The molecule has 2 fully saturated rings. The summed E-state index contributed by atoms with van der Waals surface area (Å²) in [4.78, 5) is 0. The van der Waals surface area contributed by atoms with E-state index in [0.29, 0.717) is 0 Å². The van der Waals surface area contributed by atoms with E-state index in [1.807, 2.05) is 0 Å². The van der Waals surface area contributed by atoms with E-state index in [-0.39, 0.29) is 5.92 Å². The Hall–Kier alpha value is -1.43. The first kappa shape index (κ1) is 18.4. The van der Waals surface area contributed by atoms with Crippen LogP contribution in [0.15, 0.2) is 12.1 Å². The van der Waals surface area contributed by atoms with E-state index in [1.165, 1.54) is 50.7 Å². The molecule has 0 aromatic heterocycles. The molecule has 1 nitrogen and oxygen atoms in total. The highest BCUT2D eigenvalue weighted by Gasteiger charge is 2.25. The van der Waals surface area contributed by atoms with Crippen LogP contribution in [0, 0.1) is 40.7 Å². The maximum atomic E-state index is 13.8. The zero-order chi connectivity index (χ0) is 17.8. The van der Waals surface area contributed by atoms with Gasteiger partial charge < -0.3 is 0 Å². The molecule has 0 saturated heterocycles. The normalized spacial score (nSPS) is 30.0. The minimum absolute atomic E-state index is 0.239. The molecule has 1 aromatic carbocycles. The summed E-state index contributed by atoms with van der Waals surface area (Å²) in [5.74, 6) is 1.43. The van der Waals surface area contributed by atoms with Gasteiger partial charge in [-0.15, -0.1) is 0 Å². The van der Waals surface area contributed by atoms with E-state index in [9.17, 15) is 8.78 Å². The molecule has 136 valence electrons. The summed E-state index contributed by atoms with van der Waals surface area (Å²) in [6.07, 6.45) is 12.6. The summed E-state index contributed by atoms with van der Waals surface area (Å²) < 4.78 is 27.7. The molecule has 3 rings (SSSR count).